The van der Waals surface area contributed by atoms with E-state index in [4.69, 9.17) is 11.6 Å². The van der Waals surface area contributed by atoms with Crippen LogP contribution in [0.3, 0.4) is 0 Å². The monoisotopic (exact) mass is 182 g/mol. The Morgan fingerprint density at radius 1 is 1.33 bits per heavy atom. The van der Waals surface area contributed by atoms with Gasteiger partial charge in [0.05, 0.1) is 5.02 Å². The summed E-state index contributed by atoms with van der Waals surface area (Å²) in [5.41, 5.74) is 1.46. The molecular formula is C9H7ClO2. The van der Waals surface area contributed by atoms with Gasteiger partial charge in [-0.25, -0.2) is 0 Å². The molecule has 1 aromatic carbocycles. The molecular weight excluding hydrogens is 176 g/mol. The second-order valence-electron chi connectivity index (χ2n) is 2.86. The van der Waals surface area contributed by atoms with E-state index in [1.54, 1.807) is 6.07 Å². The van der Waals surface area contributed by atoms with E-state index >= 15 is 0 Å². The van der Waals surface area contributed by atoms with Crippen LogP contribution in [0.15, 0.2) is 12.1 Å². The molecule has 1 aromatic rings. The number of phenolic OH excluding ortho intramolecular Hbond substituents is 1. The molecule has 0 bridgehead atoms. The first-order valence-electron chi connectivity index (χ1n) is 3.73. The van der Waals surface area contributed by atoms with Crippen molar-refractivity contribution in [3.05, 3.63) is 28.3 Å². The molecule has 0 heterocycles. The second kappa shape index (κ2) is 2.49. The molecule has 0 spiro atoms. The average molecular weight is 183 g/mol. The third-order valence-corrected chi connectivity index (χ3v) is 2.49. The van der Waals surface area contributed by atoms with E-state index in [9.17, 15) is 9.90 Å². The van der Waals surface area contributed by atoms with Crippen molar-refractivity contribution in [2.75, 3.05) is 0 Å². The van der Waals surface area contributed by atoms with Crippen LogP contribution < -0.4 is 0 Å². The normalized spacial score (nSPS) is 14.9. The van der Waals surface area contributed by atoms with E-state index in [-0.39, 0.29) is 16.6 Å². The van der Waals surface area contributed by atoms with Crippen molar-refractivity contribution in [3.8, 4) is 5.75 Å². The first-order chi connectivity index (χ1) is 5.70. The van der Waals surface area contributed by atoms with Gasteiger partial charge >= 0.3 is 0 Å². The zero-order valence-corrected chi connectivity index (χ0v) is 7.06. The number of Topliss-reactive ketones (excluding diaryl/α,β-unsaturated/α-hetero) is 1. The van der Waals surface area contributed by atoms with Gasteiger partial charge in [-0.1, -0.05) is 17.7 Å². The van der Waals surface area contributed by atoms with Crippen molar-refractivity contribution in [2.24, 2.45) is 0 Å². The summed E-state index contributed by atoms with van der Waals surface area (Å²) in [5, 5.41) is 9.42. The molecule has 0 amide bonds. The van der Waals surface area contributed by atoms with Crippen molar-refractivity contribution in [1.82, 2.24) is 0 Å². The van der Waals surface area contributed by atoms with Crippen molar-refractivity contribution >= 4 is 17.4 Å². The maximum atomic E-state index is 11.2. The molecule has 1 N–H and O–H groups in total. The number of fused-ring (bicyclic) bond motifs is 1. The minimum atomic E-state index is -0.00864. The minimum Gasteiger partial charge on any atom is -0.506 e. The molecule has 62 valence electrons. The lowest BCUT2D eigenvalue weighted by Gasteiger charge is -2.01. The van der Waals surface area contributed by atoms with Crippen molar-refractivity contribution in [3.63, 3.8) is 0 Å². The fourth-order valence-corrected chi connectivity index (χ4v) is 1.78. The lowest BCUT2D eigenvalue weighted by Crippen LogP contribution is -1.92. The largest absolute Gasteiger partial charge is 0.506 e. The predicted octanol–water partition coefficient (Wildman–Crippen LogP) is 2.17. The fourth-order valence-electron chi connectivity index (χ4n) is 1.49. The van der Waals surface area contributed by atoms with Crippen molar-refractivity contribution in [2.45, 2.75) is 12.8 Å². The highest BCUT2D eigenvalue weighted by Crippen LogP contribution is 2.34. The quantitative estimate of drug-likeness (QED) is 0.668. The lowest BCUT2D eigenvalue weighted by atomic mass is 10.1. The summed E-state index contributed by atoms with van der Waals surface area (Å²) in [5.74, 6) is 0.0246. The third-order valence-electron chi connectivity index (χ3n) is 2.11. The first kappa shape index (κ1) is 7.62. The summed E-state index contributed by atoms with van der Waals surface area (Å²) in [6, 6.07) is 3.28. The maximum Gasteiger partial charge on any atom is 0.165 e. The van der Waals surface area contributed by atoms with Gasteiger partial charge in [-0.15, -0.1) is 0 Å². The van der Waals surface area contributed by atoms with Gasteiger partial charge in [-0.2, -0.15) is 0 Å². The van der Waals surface area contributed by atoms with Gasteiger partial charge in [0.25, 0.3) is 0 Å². The van der Waals surface area contributed by atoms with Crippen LogP contribution in [0.2, 0.25) is 5.02 Å². The van der Waals surface area contributed by atoms with Gasteiger partial charge in [-0.05, 0) is 18.1 Å². The van der Waals surface area contributed by atoms with Crippen LogP contribution in [0.4, 0.5) is 0 Å². The average Bonchev–Trinajstić information content (AvgIpc) is 2.41. The van der Waals surface area contributed by atoms with Crippen LogP contribution in [0, 0.1) is 0 Å². The SMILES string of the molecule is O=C1CCc2ccc(O)c(Cl)c21. The van der Waals surface area contributed by atoms with Gasteiger partial charge in [0.2, 0.25) is 0 Å². The number of halogens is 1. The number of benzene rings is 1. The van der Waals surface area contributed by atoms with Crippen LogP contribution in [0.1, 0.15) is 22.3 Å². The van der Waals surface area contributed by atoms with Crippen molar-refractivity contribution < 1.29 is 9.90 Å². The molecule has 3 heteroatoms. The predicted molar refractivity (Wildman–Crippen MR) is 45.8 cm³/mol. The Bertz CT molecular complexity index is 358. The standard InChI is InChI=1S/C9H7ClO2/c10-9-7(12)4-2-5-1-3-6(11)8(5)9/h2,4,12H,1,3H2. The molecule has 1 aliphatic rings. The molecule has 0 aromatic heterocycles. The molecule has 0 aliphatic heterocycles. The zero-order valence-electron chi connectivity index (χ0n) is 6.30. The highest BCUT2D eigenvalue weighted by Gasteiger charge is 2.23. The Morgan fingerprint density at radius 2 is 2.08 bits per heavy atom. The summed E-state index contributed by atoms with van der Waals surface area (Å²) in [6.45, 7) is 0. The molecule has 0 saturated heterocycles. The summed E-state index contributed by atoms with van der Waals surface area (Å²) in [4.78, 5) is 11.2. The van der Waals surface area contributed by atoms with Crippen LogP contribution in [-0.2, 0) is 6.42 Å². The number of carbonyl (C=O) groups is 1. The van der Waals surface area contributed by atoms with Crippen LogP contribution in [0.25, 0.3) is 0 Å². The van der Waals surface area contributed by atoms with E-state index in [1.807, 2.05) is 0 Å². The van der Waals surface area contributed by atoms with E-state index < -0.39 is 0 Å². The summed E-state index contributed by atoms with van der Waals surface area (Å²) in [7, 11) is 0. The lowest BCUT2D eigenvalue weighted by molar-refractivity contribution is 0.0994. The van der Waals surface area contributed by atoms with Crippen molar-refractivity contribution in [1.29, 1.82) is 0 Å². The Kier molecular flexibility index (Phi) is 1.58. The van der Waals surface area contributed by atoms with E-state index in [0.717, 1.165) is 12.0 Å². The Labute approximate surface area is 74.8 Å². The number of hydrogen-bond donors (Lipinski definition) is 1. The Balaban J connectivity index is 2.71. The molecule has 2 nitrogen and oxygen atoms in total. The smallest absolute Gasteiger partial charge is 0.165 e. The minimum absolute atomic E-state index is 0.00864. The van der Waals surface area contributed by atoms with Gasteiger partial charge in [0.15, 0.2) is 5.78 Å². The number of ketones is 1. The number of rotatable bonds is 0. The highest BCUT2D eigenvalue weighted by atomic mass is 35.5. The fraction of sp³-hybridized carbons (Fsp3) is 0.222. The van der Waals surface area contributed by atoms with Crippen LogP contribution in [0.5, 0.6) is 5.75 Å². The van der Waals surface area contributed by atoms with E-state index in [0.29, 0.717) is 12.0 Å². The topological polar surface area (TPSA) is 37.3 Å². The van der Waals surface area contributed by atoms with Crippen LogP contribution >= 0.6 is 11.6 Å². The number of aromatic hydroxyl groups is 1. The number of carbonyl (C=O) groups excluding carboxylic acids is 1. The summed E-state index contributed by atoms with van der Waals surface area (Å²) in [6.07, 6.45) is 1.26. The first-order valence-corrected chi connectivity index (χ1v) is 4.11. The summed E-state index contributed by atoms with van der Waals surface area (Å²) >= 11 is 5.76. The molecule has 0 fully saturated rings. The van der Waals surface area contributed by atoms with Crippen LogP contribution in [-0.4, -0.2) is 10.9 Å². The number of aryl methyl sites for hydroxylation is 1. The molecule has 0 atom stereocenters. The Hall–Kier alpha value is -1.02. The molecule has 0 saturated carbocycles. The highest BCUT2D eigenvalue weighted by molar-refractivity contribution is 6.35. The summed E-state index contributed by atoms with van der Waals surface area (Å²) < 4.78 is 0. The molecule has 2 rings (SSSR count). The van der Waals surface area contributed by atoms with Gasteiger partial charge in [0, 0.05) is 12.0 Å². The number of hydrogen-bond acceptors (Lipinski definition) is 2. The van der Waals surface area contributed by atoms with Gasteiger partial charge in [-0.3, -0.25) is 4.79 Å². The Morgan fingerprint density at radius 3 is 2.83 bits per heavy atom. The second-order valence-corrected chi connectivity index (χ2v) is 3.23. The third kappa shape index (κ3) is 0.916. The van der Waals surface area contributed by atoms with Gasteiger partial charge in [0.1, 0.15) is 5.75 Å². The van der Waals surface area contributed by atoms with Gasteiger partial charge < -0.3 is 5.11 Å². The molecule has 12 heavy (non-hydrogen) atoms. The van der Waals surface area contributed by atoms with E-state index in [1.165, 1.54) is 6.07 Å². The molecule has 0 unspecified atom stereocenters. The number of phenols is 1. The van der Waals surface area contributed by atoms with E-state index in [2.05, 4.69) is 0 Å². The molecule has 1 aliphatic carbocycles. The maximum absolute atomic E-state index is 11.2. The zero-order chi connectivity index (χ0) is 8.72. The molecule has 0 radical (unpaired) electrons.